The Morgan fingerprint density at radius 1 is 1.04 bits per heavy atom. The normalized spacial score (nSPS) is 12.1. The number of sulfonamides is 1. The zero-order chi connectivity index (χ0) is 17.8. The monoisotopic (exact) mass is 374 g/mol. The van der Waals surface area contributed by atoms with E-state index < -0.39 is 10.0 Å². The van der Waals surface area contributed by atoms with Crippen LogP contribution in [0.2, 0.25) is 0 Å². The molecular formula is C16H14N4O3S2. The van der Waals surface area contributed by atoms with E-state index in [-0.39, 0.29) is 10.6 Å². The Hall–Kier alpha value is -2.65. The lowest BCUT2D eigenvalue weighted by Gasteiger charge is -2.05. The van der Waals surface area contributed by atoms with Gasteiger partial charge in [-0.2, -0.15) is 0 Å². The number of imidazole rings is 1. The van der Waals surface area contributed by atoms with Crippen LogP contribution in [0, 0.1) is 0 Å². The highest BCUT2D eigenvalue weighted by Crippen LogP contribution is 2.28. The number of nitrogens with zero attached hydrogens (tertiary/aromatic N) is 3. The number of hydrogen-bond donors (Lipinski definition) is 1. The van der Waals surface area contributed by atoms with Crippen molar-refractivity contribution in [3.05, 3.63) is 52.9 Å². The average molecular weight is 374 g/mol. The van der Waals surface area contributed by atoms with Crippen molar-refractivity contribution in [2.24, 2.45) is 14.1 Å². The molecule has 0 atom stereocenters. The summed E-state index contributed by atoms with van der Waals surface area (Å²) in [7, 11) is -0.535. The third-order valence-electron chi connectivity index (χ3n) is 4.07. The molecule has 25 heavy (non-hydrogen) atoms. The van der Waals surface area contributed by atoms with Crippen LogP contribution in [-0.2, 0) is 24.1 Å². The van der Waals surface area contributed by atoms with E-state index in [1.54, 1.807) is 20.2 Å². The molecule has 0 amide bonds. The second kappa shape index (κ2) is 5.43. The number of thiazole rings is 1. The predicted molar refractivity (Wildman–Crippen MR) is 98.6 cm³/mol. The number of nitrogens with one attached hydrogen (secondary N) is 1. The topological polar surface area (TPSA) is 86.0 Å². The van der Waals surface area contributed by atoms with Crippen molar-refractivity contribution in [2.45, 2.75) is 4.90 Å². The Kier molecular flexibility index (Phi) is 3.44. The van der Waals surface area contributed by atoms with Crippen molar-refractivity contribution in [1.29, 1.82) is 0 Å². The van der Waals surface area contributed by atoms with Gasteiger partial charge in [-0.15, -0.1) is 0 Å². The van der Waals surface area contributed by atoms with E-state index in [2.05, 4.69) is 9.71 Å². The number of rotatable bonds is 3. The lowest BCUT2D eigenvalue weighted by atomic mass is 10.3. The van der Waals surface area contributed by atoms with Crippen molar-refractivity contribution >= 4 is 47.7 Å². The van der Waals surface area contributed by atoms with E-state index in [4.69, 9.17) is 0 Å². The Balaban J connectivity index is 1.78. The van der Waals surface area contributed by atoms with Crippen LogP contribution in [0.3, 0.4) is 0 Å². The minimum Gasteiger partial charge on any atom is -0.295 e. The van der Waals surface area contributed by atoms with Crippen molar-refractivity contribution in [3.63, 3.8) is 0 Å². The summed E-state index contributed by atoms with van der Waals surface area (Å²) in [5.41, 5.74) is 1.76. The maximum atomic E-state index is 12.7. The van der Waals surface area contributed by atoms with Crippen LogP contribution < -0.4 is 10.4 Å². The van der Waals surface area contributed by atoms with Gasteiger partial charge in [-0.05, 0) is 30.3 Å². The lowest BCUT2D eigenvalue weighted by Crippen LogP contribution is -2.19. The van der Waals surface area contributed by atoms with Crippen molar-refractivity contribution in [2.75, 3.05) is 4.72 Å². The largest absolute Gasteiger partial charge is 0.328 e. The fourth-order valence-corrected chi connectivity index (χ4v) is 4.86. The molecule has 9 heteroatoms. The van der Waals surface area contributed by atoms with E-state index in [1.807, 2.05) is 24.3 Å². The van der Waals surface area contributed by atoms with E-state index in [1.165, 1.54) is 32.6 Å². The second-order valence-electron chi connectivity index (χ2n) is 5.64. The first kappa shape index (κ1) is 15.9. The number of aryl methyl sites for hydroxylation is 2. The van der Waals surface area contributed by atoms with Crippen LogP contribution >= 0.6 is 11.3 Å². The maximum absolute atomic E-state index is 12.7. The fraction of sp³-hybridized carbons (Fsp3) is 0.125. The van der Waals surface area contributed by atoms with Gasteiger partial charge in [0, 0.05) is 14.1 Å². The smallest absolute Gasteiger partial charge is 0.295 e. The summed E-state index contributed by atoms with van der Waals surface area (Å²) in [4.78, 5) is 16.4. The minimum absolute atomic E-state index is 0.0838. The molecular weight excluding hydrogens is 360 g/mol. The highest BCUT2D eigenvalue weighted by Gasteiger charge is 2.19. The number of fused-ring (bicyclic) bond motifs is 2. The molecule has 2 aromatic heterocycles. The molecule has 0 aliphatic carbocycles. The van der Waals surface area contributed by atoms with Gasteiger partial charge in [-0.3, -0.25) is 13.9 Å². The van der Waals surface area contributed by atoms with Gasteiger partial charge >= 0.3 is 5.69 Å². The van der Waals surface area contributed by atoms with Gasteiger partial charge in [-0.25, -0.2) is 18.2 Å². The average Bonchev–Trinajstić information content (AvgIpc) is 3.08. The standard InChI is InChI=1S/C16H14N4O3S2/c1-19-12-8-7-10(9-13(12)20(2)16(19)21)25(22,23)18-15-17-11-5-3-4-6-14(11)24-15/h3-9H,1-2H3,(H,17,18). The molecule has 0 radical (unpaired) electrons. The molecule has 0 aliphatic heterocycles. The zero-order valence-electron chi connectivity index (χ0n) is 13.4. The number of anilines is 1. The molecule has 4 aromatic rings. The van der Waals surface area contributed by atoms with Gasteiger partial charge < -0.3 is 0 Å². The molecule has 0 saturated heterocycles. The molecule has 0 spiro atoms. The van der Waals surface area contributed by atoms with Gasteiger partial charge in [0.25, 0.3) is 10.0 Å². The Labute approximate surface area is 147 Å². The van der Waals surface area contributed by atoms with Gasteiger partial charge in [-0.1, -0.05) is 23.5 Å². The summed E-state index contributed by atoms with van der Waals surface area (Å²) in [5.74, 6) is 0. The lowest BCUT2D eigenvalue weighted by molar-refractivity contribution is 0.601. The molecule has 1 N–H and O–H groups in total. The molecule has 7 nitrogen and oxygen atoms in total. The van der Waals surface area contributed by atoms with Gasteiger partial charge in [0.15, 0.2) is 5.13 Å². The molecule has 2 heterocycles. The van der Waals surface area contributed by atoms with Gasteiger partial charge in [0.1, 0.15) is 0 Å². The number of para-hydroxylation sites is 1. The first-order chi connectivity index (χ1) is 11.9. The van der Waals surface area contributed by atoms with Crippen LogP contribution in [-0.4, -0.2) is 22.5 Å². The quantitative estimate of drug-likeness (QED) is 0.596. The van der Waals surface area contributed by atoms with Gasteiger partial charge in [0.05, 0.1) is 26.1 Å². The molecule has 0 aliphatic rings. The summed E-state index contributed by atoms with van der Waals surface area (Å²) >= 11 is 1.27. The molecule has 0 bridgehead atoms. The molecule has 2 aromatic carbocycles. The summed E-state index contributed by atoms with van der Waals surface area (Å²) in [6.45, 7) is 0. The third-order valence-corrected chi connectivity index (χ3v) is 6.49. The zero-order valence-corrected chi connectivity index (χ0v) is 15.1. The first-order valence-corrected chi connectivity index (χ1v) is 9.71. The van der Waals surface area contributed by atoms with Crippen LogP contribution in [0.5, 0.6) is 0 Å². The Morgan fingerprint density at radius 3 is 2.52 bits per heavy atom. The minimum atomic E-state index is -3.80. The number of hydrogen-bond acceptors (Lipinski definition) is 5. The molecule has 0 saturated carbocycles. The van der Waals surface area contributed by atoms with Gasteiger partial charge in [0.2, 0.25) is 0 Å². The van der Waals surface area contributed by atoms with Crippen LogP contribution in [0.1, 0.15) is 0 Å². The van der Waals surface area contributed by atoms with Crippen molar-refractivity contribution in [3.8, 4) is 0 Å². The van der Waals surface area contributed by atoms with Crippen LogP contribution in [0.15, 0.2) is 52.2 Å². The molecule has 4 rings (SSSR count). The number of benzene rings is 2. The fourth-order valence-electron chi connectivity index (χ4n) is 2.74. The summed E-state index contributed by atoms with van der Waals surface area (Å²) in [6, 6.07) is 12.0. The third kappa shape index (κ3) is 2.52. The highest BCUT2D eigenvalue weighted by molar-refractivity contribution is 7.93. The van der Waals surface area contributed by atoms with E-state index >= 15 is 0 Å². The second-order valence-corrected chi connectivity index (χ2v) is 8.36. The van der Waals surface area contributed by atoms with Crippen LogP contribution in [0.4, 0.5) is 5.13 Å². The first-order valence-electron chi connectivity index (χ1n) is 7.41. The SMILES string of the molecule is Cn1c(=O)n(C)c2cc(S(=O)(=O)Nc3nc4ccccc4s3)ccc21. The number of aromatic nitrogens is 3. The molecule has 128 valence electrons. The summed E-state index contributed by atoms with van der Waals surface area (Å²) < 4.78 is 31.7. The molecule has 0 fully saturated rings. The maximum Gasteiger partial charge on any atom is 0.328 e. The summed E-state index contributed by atoms with van der Waals surface area (Å²) in [6.07, 6.45) is 0. The van der Waals surface area contributed by atoms with E-state index in [9.17, 15) is 13.2 Å². The summed E-state index contributed by atoms with van der Waals surface area (Å²) in [5, 5.41) is 0.309. The Morgan fingerprint density at radius 2 is 1.76 bits per heavy atom. The van der Waals surface area contributed by atoms with E-state index in [0.717, 1.165) is 10.2 Å². The van der Waals surface area contributed by atoms with Crippen LogP contribution in [0.25, 0.3) is 21.3 Å². The molecule has 0 unspecified atom stereocenters. The predicted octanol–water partition coefficient (Wildman–Crippen LogP) is 2.29. The van der Waals surface area contributed by atoms with Crippen molar-refractivity contribution < 1.29 is 8.42 Å². The Bertz CT molecular complexity index is 1250. The van der Waals surface area contributed by atoms with E-state index in [0.29, 0.717) is 16.2 Å². The highest BCUT2D eigenvalue weighted by atomic mass is 32.2. The van der Waals surface area contributed by atoms with Crippen molar-refractivity contribution in [1.82, 2.24) is 14.1 Å².